The lowest BCUT2D eigenvalue weighted by molar-refractivity contribution is -0.140. The number of benzene rings is 1. The van der Waals surface area contributed by atoms with Crippen LogP contribution < -0.4 is 5.32 Å². The third-order valence-electron chi connectivity index (χ3n) is 5.32. The van der Waals surface area contributed by atoms with Crippen LogP contribution in [0, 0.1) is 11.8 Å². The molecule has 0 unspecified atom stereocenters. The molecule has 0 aromatic heterocycles. The van der Waals surface area contributed by atoms with Crippen molar-refractivity contribution >= 4 is 17.7 Å². The zero-order valence-electron chi connectivity index (χ0n) is 17.9. The van der Waals surface area contributed by atoms with Crippen molar-refractivity contribution in [1.82, 2.24) is 10.2 Å². The molecule has 6 heteroatoms. The molecule has 0 aliphatic carbocycles. The van der Waals surface area contributed by atoms with Crippen LogP contribution in [0.2, 0.25) is 0 Å². The Hall–Kier alpha value is -2.21. The van der Waals surface area contributed by atoms with Gasteiger partial charge in [-0.15, -0.1) is 0 Å². The molecular formula is C23H34N2O4. The predicted octanol–water partition coefficient (Wildman–Crippen LogP) is 2.85. The van der Waals surface area contributed by atoms with Crippen LogP contribution >= 0.6 is 0 Å². The van der Waals surface area contributed by atoms with Crippen molar-refractivity contribution in [3.63, 3.8) is 0 Å². The van der Waals surface area contributed by atoms with Gasteiger partial charge in [0.2, 0.25) is 5.91 Å². The zero-order valence-corrected chi connectivity index (χ0v) is 17.9. The Morgan fingerprint density at radius 3 is 2.38 bits per heavy atom. The molecule has 0 radical (unpaired) electrons. The van der Waals surface area contributed by atoms with E-state index in [0.29, 0.717) is 31.8 Å². The molecule has 1 saturated heterocycles. The van der Waals surface area contributed by atoms with Gasteiger partial charge in [0.25, 0.3) is 0 Å². The highest BCUT2D eigenvalue weighted by Gasteiger charge is 2.26. The molecule has 1 fully saturated rings. The fourth-order valence-corrected chi connectivity index (χ4v) is 3.69. The van der Waals surface area contributed by atoms with Crippen molar-refractivity contribution in [3.05, 3.63) is 35.4 Å². The molecule has 1 heterocycles. The maximum atomic E-state index is 12.8. The van der Waals surface area contributed by atoms with Gasteiger partial charge in [0.1, 0.15) is 0 Å². The maximum Gasteiger partial charge on any atom is 0.305 e. The Bertz CT molecular complexity index is 677. The number of hydrogen-bond acceptors (Lipinski definition) is 5. The van der Waals surface area contributed by atoms with Crippen molar-refractivity contribution in [3.8, 4) is 0 Å². The average Bonchev–Trinajstić information content (AvgIpc) is 2.71. The highest BCUT2D eigenvalue weighted by Crippen LogP contribution is 2.22. The predicted molar refractivity (Wildman–Crippen MR) is 113 cm³/mol. The number of likely N-dealkylation sites (tertiary alicyclic amines) is 1. The number of methoxy groups -OCH3 is 1. The zero-order chi connectivity index (χ0) is 21.2. The summed E-state index contributed by atoms with van der Waals surface area (Å²) in [6.07, 6.45) is 3.47. The molecule has 1 amide bonds. The van der Waals surface area contributed by atoms with Crippen molar-refractivity contribution in [2.45, 2.75) is 46.0 Å². The second kappa shape index (κ2) is 11.7. The number of nitrogens with zero attached hydrogens (tertiary/aromatic N) is 1. The van der Waals surface area contributed by atoms with Gasteiger partial charge in [-0.1, -0.05) is 38.1 Å². The molecule has 0 bridgehead atoms. The van der Waals surface area contributed by atoms with E-state index in [1.54, 1.807) is 0 Å². The lowest BCUT2D eigenvalue weighted by Crippen LogP contribution is -2.42. The summed E-state index contributed by atoms with van der Waals surface area (Å²) < 4.78 is 4.57. The highest BCUT2D eigenvalue weighted by atomic mass is 16.5. The fraction of sp³-hybridized carbons (Fsp3) is 0.609. The maximum absolute atomic E-state index is 12.8. The van der Waals surface area contributed by atoms with Gasteiger partial charge in [-0.3, -0.25) is 19.3 Å². The topological polar surface area (TPSA) is 75.7 Å². The van der Waals surface area contributed by atoms with Gasteiger partial charge >= 0.3 is 5.97 Å². The number of rotatable bonds is 10. The lowest BCUT2D eigenvalue weighted by atomic mass is 9.88. The lowest BCUT2D eigenvalue weighted by Gasteiger charge is -2.30. The summed E-state index contributed by atoms with van der Waals surface area (Å²) in [4.78, 5) is 38.0. The average molecular weight is 403 g/mol. The van der Waals surface area contributed by atoms with Crippen molar-refractivity contribution < 1.29 is 19.1 Å². The van der Waals surface area contributed by atoms with Crippen LogP contribution in [0.1, 0.15) is 55.5 Å². The monoisotopic (exact) mass is 402 g/mol. The summed E-state index contributed by atoms with van der Waals surface area (Å²) in [5, 5.41) is 2.83. The van der Waals surface area contributed by atoms with Gasteiger partial charge in [0.05, 0.1) is 13.7 Å². The third-order valence-corrected chi connectivity index (χ3v) is 5.32. The molecule has 29 heavy (non-hydrogen) atoms. The first kappa shape index (κ1) is 23.1. The number of hydrogen-bond donors (Lipinski definition) is 1. The van der Waals surface area contributed by atoms with E-state index in [2.05, 4.69) is 40.9 Å². The number of ketones is 1. The van der Waals surface area contributed by atoms with E-state index in [4.69, 9.17) is 0 Å². The van der Waals surface area contributed by atoms with Gasteiger partial charge in [0.15, 0.2) is 5.78 Å². The van der Waals surface area contributed by atoms with Gasteiger partial charge in [0, 0.05) is 24.4 Å². The molecule has 0 spiro atoms. The molecule has 1 aliphatic heterocycles. The number of ether oxygens (including phenoxy) is 1. The van der Waals surface area contributed by atoms with Crippen LogP contribution in [-0.2, 0) is 20.7 Å². The first-order valence-electron chi connectivity index (χ1n) is 10.6. The number of carbonyl (C=O) groups excluding carboxylic acids is 3. The number of esters is 1. The first-order valence-corrected chi connectivity index (χ1v) is 10.6. The molecule has 0 saturated carbocycles. The van der Waals surface area contributed by atoms with Crippen molar-refractivity contribution in [1.29, 1.82) is 0 Å². The SMILES string of the molecule is COC(=O)CCCNC(=O)CN1CCC(C(=O)c2ccc(CC(C)C)cc2)CC1. The van der Waals surface area contributed by atoms with Gasteiger partial charge in [-0.25, -0.2) is 0 Å². The standard InChI is InChI=1S/C23H34N2O4/c1-17(2)15-18-6-8-19(9-7-18)23(28)20-10-13-25(14-11-20)16-21(26)24-12-4-5-22(27)29-3/h6-9,17,20H,4-5,10-16H2,1-3H3,(H,24,26). The minimum absolute atomic E-state index is 0.0327. The van der Waals surface area contributed by atoms with Crippen LogP contribution in [0.4, 0.5) is 0 Å². The molecular weight excluding hydrogens is 368 g/mol. The van der Waals surface area contributed by atoms with E-state index < -0.39 is 0 Å². The number of amides is 1. The Balaban J connectivity index is 1.70. The number of piperidine rings is 1. The minimum atomic E-state index is -0.263. The van der Waals surface area contributed by atoms with Crippen LogP contribution in [0.3, 0.4) is 0 Å². The Labute approximate surface area is 174 Å². The molecule has 1 aromatic carbocycles. The molecule has 1 aliphatic rings. The molecule has 160 valence electrons. The number of Topliss-reactive ketones (excluding diaryl/α,β-unsaturated/α-hetero) is 1. The summed E-state index contributed by atoms with van der Waals surface area (Å²) in [6, 6.07) is 8.03. The third kappa shape index (κ3) is 7.97. The summed E-state index contributed by atoms with van der Waals surface area (Å²) >= 11 is 0. The van der Waals surface area contributed by atoms with E-state index >= 15 is 0 Å². The van der Waals surface area contributed by atoms with E-state index in [0.717, 1.165) is 37.9 Å². The van der Waals surface area contributed by atoms with E-state index in [-0.39, 0.29) is 23.6 Å². The van der Waals surface area contributed by atoms with Crippen molar-refractivity contribution in [2.24, 2.45) is 11.8 Å². The quantitative estimate of drug-likeness (QED) is 0.370. The van der Waals surface area contributed by atoms with Gasteiger partial charge in [-0.2, -0.15) is 0 Å². The summed E-state index contributed by atoms with van der Waals surface area (Å²) in [5.41, 5.74) is 2.06. The largest absolute Gasteiger partial charge is 0.469 e. The van der Waals surface area contributed by atoms with Crippen LogP contribution in [-0.4, -0.2) is 55.8 Å². The van der Waals surface area contributed by atoms with E-state index in [1.807, 2.05) is 12.1 Å². The number of carbonyl (C=O) groups is 3. The van der Waals surface area contributed by atoms with Crippen LogP contribution in [0.5, 0.6) is 0 Å². The Kier molecular flexibility index (Phi) is 9.32. The highest BCUT2D eigenvalue weighted by molar-refractivity contribution is 5.98. The van der Waals surface area contributed by atoms with Crippen molar-refractivity contribution in [2.75, 3.05) is 33.3 Å². The molecule has 1 aromatic rings. The van der Waals surface area contributed by atoms with Crippen LogP contribution in [0.15, 0.2) is 24.3 Å². The fourth-order valence-electron chi connectivity index (χ4n) is 3.69. The molecule has 6 nitrogen and oxygen atoms in total. The number of nitrogens with one attached hydrogen (secondary N) is 1. The minimum Gasteiger partial charge on any atom is -0.469 e. The second-order valence-electron chi connectivity index (χ2n) is 8.24. The first-order chi connectivity index (χ1) is 13.9. The molecule has 2 rings (SSSR count). The molecule has 1 N–H and O–H groups in total. The summed E-state index contributed by atoms with van der Waals surface area (Å²) in [7, 11) is 1.36. The van der Waals surface area contributed by atoms with E-state index in [9.17, 15) is 14.4 Å². The normalized spacial score (nSPS) is 15.3. The summed E-state index contributed by atoms with van der Waals surface area (Å²) in [5.74, 6) is 0.546. The second-order valence-corrected chi connectivity index (χ2v) is 8.24. The smallest absolute Gasteiger partial charge is 0.305 e. The Morgan fingerprint density at radius 2 is 1.79 bits per heavy atom. The van der Waals surface area contributed by atoms with E-state index in [1.165, 1.54) is 12.7 Å². The van der Waals surface area contributed by atoms with Gasteiger partial charge in [-0.05, 0) is 50.3 Å². The Morgan fingerprint density at radius 1 is 1.14 bits per heavy atom. The summed E-state index contributed by atoms with van der Waals surface area (Å²) in [6.45, 7) is 6.68. The van der Waals surface area contributed by atoms with Crippen LogP contribution in [0.25, 0.3) is 0 Å². The van der Waals surface area contributed by atoms with Gasteiger partial charge < -0.3 is 10.1 Å². The molecule has 0 atom stereocenters.